The number of fused-ring (bicyclic) bond motifs is 1. The Morgan fingerprint density at radius 3 is 2.85 bits per heavy atom. The molecule has 0 bridgehead atoms. The first kappa shape index (κ1) is 13.0. The minimum absolute atomic E-state index is 0.461. The molecule has 2 heterocycles. The van der Waals surface area contributed by atoms with Gasteiger partial charge in [0, 0.05) is 16.7 Å². The summed E-state index contributed by atoms with van der Waals surface area (Å²) in [5.41, 5.74) is 8.26. The van der Waals surface area contributed by atoms with Crippen LogP contribution < -0.4 is 5.73 Å². The van der Waals surface area contributed by atoms with Crippen LogP contribution in [0.4, 0.5) is 0 Å². The molecular formula is C14H10ClN3OS. The molecule has 0 radical (unpaired) electrons. The van der Waals surface area contributed by atoms with Crippen molar-refractivity contribution in [2.75, 3.05) is 0 Å². The van der Waals surface area contributed by atoms with Crippen LogP contribution in [-0.2, 0) is 0 Å². The average Bonchev–Trinajstić information content (AvgIpc) is 2.88. The Balaban J connectivity index is 2.26. The SMILES string of the molecule is Cc1c(Cl)ncc2nc(-c3ccccc3C(N)=O)sc12. The van der Waals surface area contributed by atoms with Gasteiger partial charge in [-0.25, -0.2) is 9.97 Å². The van der Waals surface area contributed by atoms with Crippen molar-refractivity contribution in [3.63, 3.8) is 0 Å². The van der Waals surface area contributed by atoms with Gasteiger partial charge in [-0.05, 0) is 13.0 Å². The number of nitrogens with two attached hydrogens (primary N) is 1. The van der Waals surface area contributed by atoms with E-state index in [0.29, 0.717) is 10.7 Å². The minimum atomic E-state index is -0.465. The van der Waals surface area contributed by atoms with Crippen molar-refractivity contribution in [2.24, 2.45) is 5.73 Å². The van der Waals surface area contributed by atoms with E-state index in [1.807, 2.05) is 19.1 Å². The first-order valence-corrected chi connectivity index (χ1v) is 7.08. The summed E-state index contributed by atoms with van der Waals surface area (Å²) in [6.45, 7) is 1.90. The molecule has 0 atom stereocenters. The van der Waals surface area contributed by atoms with Crippen molar-refractivity contribution in [3.05, 3.63) is 46.7 Å². The number of hydrogen-bond acceptors (Lipinski definition) is 4. The molecule has 0 unspecified atom stereocenters. The Bertz CT molecular complexity index is 828. The van der Waals surface area contributed by atoms with Gasteiger partial charge in [-0.2, -0.15) is 0 Å². The quantitative estimate of drug-likeness (QED) is 0.737. The van der Waals surface area contributed by atoms with Gasteiger partial charge in [0.05, 0.1) is 10.9 Å². The molecule has 0 saturated heterocycles. The van der Waals surface area contributed by atoms with Crippen LogP contribution in [0, 0.1) is 6.92 Å². The lowest BCUT2D eigenvalue weighted by Crippen LogP contribution is -2.12. The summed E-state index contributed by atoms with van der Waals surface area (Å²) in [5, 5.41) is 1.21. The number of benzene rings is 1. The molecule has 0 aliphatic rings. The molecule has 0 spiro atoms. The fourth-order valence-corrected chi connectivity index (χ4v) is 3.27. The third-order valence-electron chi connectivity index (χ3n) is 3.03. The van der Waals surface area contributed by atoms with Gasteiger partial charge in [0.1, 0.15) is 15.7 Å². The number of nitrogens with zero attached hydrogens (tertiary/aromatic N) is 2. The summed E-state index contributed by atoms with van der Waals surface area (Å²) in [4.78, 5) is 20.1. The number of amides is 1. The van der Waals surface area contributed by atoms with Crippen molar-refractivity contribution in [3.8, 4) is 10.6 Å². The van der Waals surface area contributed by atoms with Gasteiger partial charge in [-0.3, -0.25) is 4.79 Å². The number of carbonyl (C=O) groups excluding carboxylic acids is 1. The lowest BCUT2D eigenvalue weighted by molar-refractivity contribution is 0.100. The fourth-order valence-electron chi connectivity index (χ4n) is 2.00. The molecule has 100 valence electrons. The van der Waals surface area contributed by atoms with Crippen molar-refractivity contribution >= 4 is 39.1 Å². The summed E-state index contributed by atoms with van der Waals surface area (Å²) in [6.07, 6.45) is 1.64. The van der Waals surface area contributed by atoms with E-state index in [1.54, 1.807) is 18.3 Å². The number of primary amides is 1. The Morgan fingerprint density at radius 1 is 1.35 bits per heavy atom. The van der Waals surface area contributed by atoms with Crippen LogP contribution in [0.15, 0.2) is 30.5 Å². The molecule has 3 aromatic rings. The molecule has 1 amide bonds. The third-order valence-corrected chi connectivity index (χ3v) is 4.63. The standard InChI is InChI=1S/C14H10ClN3OS/c1-7-11-10(6-17-12(7)15)18-14(20-11)9-5-3-2-4-8(9)13(16)19/h2-6H,1H3,(H2,16,19). The second-order valence-corrected chi connectivity index (χ2v) is 5.67. The second kappa shape index (κ2) is 4.85. The van der Waals surface area contributed by atoms with Crippen LogP contribution in [-0.4, -0.2) is 15.9 Å². The Hall–Kier alpha value is -1.98. The lowest BCUT2D eigenvalue weighted by atomic mass is 10.1. The van der Waals surface area contributed by atoms with Gasteiger partial charge in [-0.1, -0.05) is 29.8 Å². The van der Waals surface area contributed by atoms with Crippen molar-refractivity contribution in [1.29, 1.82) is 0 Å². The predicted molar refractivity (Wildman–Crippen MR) is 81.1 cm³/mol. The van der Waals surface area contributed by atoms with Crippen LogP contribution in [0.2, 0.25) is 5.15 Å². The van der Waals surface area contributed by atoms with E-state index < -0.39 is 5.91 Å². The molecule has 0 aliphatic heterocycles. The summed E-state index contributed by atoms with van der Waals surface area (Å²) in [7, 11) is 0. The van der Waals surface area contributed by atoms with Crippen molar-refractivity contribution in [2.45, 2.75) is 6.92 Å². The molecule has 3 rings (SSSR count). The molecule has 2 aromatic heterocycles. The highest BCUT2D eigenvalue weighted by molar-refractivity contribution is 7.21. The van der Waals surface area contributed by atoms with Gasteiger partial charge in [0.2, 0.25) is 5.91 Å². The normalized spacial score (nSPS) is 10.9. The molecule has 4 nitrogen and oxygen atoms in total. The highest BCUT2D eigenvalue weighted by Crippen LogP contribution is 2.34. The summed E-state index contributed by atoms with van der Waals surface area (Å²) < 4.78 is 0.972. The largest absolute Gasteiger partial charge is 0.366 e. The molecular weight excluding hydrogens is 294 g/mol. The molecule has 0 saturated carbocycles. The number of halogens is 1. The van der Waals surface area contributed by atoms with Crippen LogP contribution in [0.3, 0.4) is 0 Å². The third kappa shape index (κ3) is 2.05. The smallest absolute Gasteiger partial charge is 0.249 e. The number of hydrogen-bond donors (Lipinski definition) is 1. The van der Waals surface area contributed by atoms with Gasteiger partial charge in [0.15, 0.2) is 0 Å². The molecule has 20 heavy (non-hydrogen) atoms. The highest BCUT2D eigenvalue weighted by atomic mass is 35.5. The molecule has 1 aromatic carbocycles. The number of aryl methyl sites for hydroxylation is 1. The zero-order chi connectivity index (χ0) is 14.3. The number of carbonyl (C=O) groups is 1. The van der Waals surface area contributed by atoms with Gasteiger partial charge < -0.3 is 5.73 Å². The van der Waals surface area contributed by atoms with Crippen LogP contribution in [0.1, 0.15) is 15.9 Å². The maximum absolute atomic E-state index is 11.5. The highest BCUT2D eigenvalue weighted by Gasteiger charge is 2.15. The second-order valence-electron chi connectivity index (χ2n) is 4.32. The Kier molecular flexibility index (Phi) is 3.16. The monoisotopic (exact) mass is 303 g/mol. The van der Waals surface area contributed by atoms with Gasteiger partial charge >= 0.3 is 0 Å². The Morgan fingerprint density at radius 2 is 2.10 bits per heavy atom. The van der Waals surface area contributed by atoms with Crippen molar-refractivity contribution < 1.29 is 4.79 Å². The van der Waals surface area contributed by atoms with Gasteiger partial charge in [0.25, 0.3) is 0 Å². The number of thiazole rings is 1. The molecule has 0 aliphatic carbocycles. The first-order valence-electron chi connectivity index (χ1n) is 5.89. The fraction of sp³-hybridized carbons (Fsp3) is 0.0714. The van der Waals surface area contributed by atoms with Crippen LogP contribution in [0.5, 0.6) is 0 Å². The zero-order valence-corrected chi connectivity index (χ0v) is 12.1. The molecule has 2 N–H and O–H groups in total. The number of rotatable bonds is 2. The summed E-state index contributed by atoms with van der Waals surface area (Å²) >= 11 is 7.50. The predicted octanol–water partition coefficient (Wildman–Crippen LogP) is 3.42. The number of pyridine rings is 1. The van der Waals surface area contributed by atoms with Crippen molar-refractivity contribution in [1.82, 2.24) is 9.97 Å². The summed E-state index contributed by atoms with van der Waals surface area (Å²) in [6, 6.07) is 7.16. The maximum Gasteiger partial charge on any atom is 0.249 e. The molecule has 6 heteroatoms. The average molecular weight is 304 g/mol. The summed E-state index contributed by atoms with van der Waals surface area (Å²) in [5.74, 6) is -0.465. The lowest BCUT2D eigenvalue weighted by Gasteiger charge is -2.01. The van der Waals surface area contributed by atoms with E-state index in [2.05, 4.69) is 9.97 Å². The topological polar surface area (TPSA) is 68.9 Å². The van der Waals surface area contributed by atoms with E-state index in [0.717, 1.165) is 26.4 Å². The van der Waals surface area contributed by atoms with E-state index in [4.69, 9.17) is 17.3 Å². The van der Waals surface area contributed by atoms with Crippen LogP contribution in [0.25, 0.3) is 20.8 Å². The Labute approximate surface area is 124 Å². The van der Waals surface area contributed by atoms with Gasteiger partial charge in [-0.15, -0.1) is 11.3 Å². The van der Waals surface area contributed by atoms with E-state index in [9.17, 15) is 4.79 Å². The van der Waals surface area contributed by atoms with E-state index in [-0.39, 0.29) is 0 Å². The molecule has 0 fully saturated rings. The first-order chi connectivity index (χ1) is 9.58. The number of aromatic nitrogens is 2. The van der Waals surface area contributed by atoms with Crippen LogP contribution >= 0.6 is 22.9 Å². The van der Waals surface area contributed by atoms with E-state index >= 15 is 0 Å². The minimum Gasteiger partial charge on any atom is -0.366 e. The van der Waals surface area contributed by atoms with E-state index in [1.165, 1.54) is 11.3 Å². The maximum atomic E-state index is 11.5. The zero-order valence-electron chi connectivity index (χ0n) is 10.6.